The van der Waals surface area contributed by atoms with Crippen LogP contribution in [0.2, 0.25) is 0 Å². The number of aromatic nitrogens is 3. The zero-order chi connectivity index (χ0) is 24.6. The van der Waals surface area contributed by atoms with E-state index in [2.05, 4.69) is 41.0 Å². The molecule has 1 aliphatic heterocycles. The van der Waals surface area contributed by atoms with Crippen molar-refractivity contribution in [1.82, 2.24) is 25.2 Å². The van der Waals surface area contributed by atoms with Gasteiger partial charge in [0.05, 0.1) is 33.1 Å². The zero-order valence-electron chi connectivity index (χ0n) is 19.7. The number of amides is 2. The molecule has 0 aliphatic carbocycles. The average Bonchev–Trinajstić information content (AvgIpc) is 3.45. The smallest absolute Gasteiger partial charge is 0.306 e. The van der Waals surface area contributed by atoms with Crippen molar-refractivity contribution in [1.29, 1.82) is 0 Å². The topological polar surface area (TPSA) is 128 Å². The molecule has 3 aromatic rings. The Hall–Kier alpha value is -3.27. The first kappa shape index (κ1) is 23.9. The number of carbonyl (C=O) groups is 3. The van der Waals surface area contributed by atoms with Crippen molar-refractivity contribution in [3.05, 3.63) is 35.0 Å². The van der Waals surface area contributed by atoms with Crippen LogP contribution in [0.15, 0.2) is 24.5 Å². The highest BCUT2D eigenvalue weighted by molar-refractivity contribution is 7.17. The lowest BCUT2D eigenvalue weighted by Gasteiger charge is -2.29. The number of carboxylic acids is 1. The van der Waals surface area contributed by atoms with E-state index < -0.39 is 5.97 Å². The van der Waals surface area contributed by atoms with Gasteiger partial charge in [0.2, 0.25) is 0 Å². The van der Waals surface area contributed by atoms with Gasteiger partial charge in [-0.3, -0.25) is 14.4 Å². The van der Waals surface area contributed by atoms with E-state index in [0.29, 0.717) is 53.2 Å². The normalized spacial score (nSPS) is 15.9. The standard InChI is InChI=1S/C24H29N5O4S/c1-13(24(2,3)4)27-21(30)15-11-25-20-19(15)28-16(12-26-20)17-5-6-18(34-17)22(31)29-9-7-14(8-10-29)23(32)33/h5-6,11-14H,7-10H2,1-4H3,(H,25,26)(H,27,30)(H,32,33). The Kier molecular flexibility index (Phi) is 6.44. The third-order valence-electron chi connectivity index (χ3n) is 6.47. The summed E-state index contributed by atoms with van der Waals surface area (Å²) in [5.41, 5.74) is 1.93. The molecule has 1 fully saturated rings. The van der Waals surface area contributed by atoms with Gasteiger partial charge in [0.25, 0.3) is 11.8 Å². The maximum atomic E-state index is 12.9. The van der Waals surface area contributed by atoms with E-state index >= 15 is 0 Å². The fourth-order valence-electron chi connectivity index (χ4n) is 3.75. The van der Waals surface area contributed by atoms with Crippen LogP contribution in [0.3, 0.4) is 0 Å². The molecule has 3 aromatic heterocycles. The summed E-state index contributed by atoms with van der Waals surface area (Å²) in [5.74, 6) is -1.51. The van der Waals surface area contributed by atoms with Gasteiger partial charge in [-0.2, -0.15) is 0 Å². The molecule has 1 saturated heterocycles. The number of thiophene rings is 1. The molecule has 10 heteroatoms. The molecule has 3 N–H and O–H groups in total. The monoisotopic (exact) mass is 483 g/mol. The van der Waals surface area contributed by atoms with Crippen molar-refractivity contribution in [2.45, 2.75) is 46.6 Å². The first-order valence-electron chi connectivity index (χ1n) is 11.3. The van der Waals surface area contributed by atoms with E-state index in [-0.39, 0.29) is 29.2 Å². The van der Waals surface area contributed by atoms with E-state index in [1.54, 1.807) is 23.4 Å². The first-order valence-corrected chi connectivity index (χ1v) is 12.1. The summed E-state index contributed by atoms with van der Waals surface area (Å²) < 4.78 is 0. The second kappa shape index (κ2) is 9.17. The third-order valence-corrected chi connectivity index (χ3v) is 7.57. The van der Waals surface area contributed by atoms with Crippen LogP contribution in [0, 0.1) is 11.3 Å². The number of hydrogen-bond acceptors (Lipinski definition) is 6. The maximum Gasteiger partial charge on any atom is 0.306 e. The van der Waals surface area contributed by atoms with Gasteiger partial charge in [-0.15, -0.1) is 11.3 Å². The van der Waals surface area contributed by atoms with Crippen LogP contribution in [0.1, 0.15) is 60.6 Å². The highest BCUT2D eigenvalue weighted by Crippen LogP contribution is 2.30. The van der Waals surface area contributed by atoms with E-state index in [4.69, 9.17) is 5.11 Å². The van der Waals surface area contributed by atoms with Gasteiger partial charge in [-0.1, -0.05) is 20.8 Å². The van der Waals surface area contributed by atoms with Crippen molar-refractivity contribution >= 4 is 40.3 Å². The summed E-state index contributed by atoms with van der Waals surface area (Å²) in [5, 5.41) is 12.2. The second-order valence-corrected chi connectivity index (χ2v) is 10.9. The van der Waals surface area contributed by atoms with Crippen LogP contribution in [0.4, 0.5) is 0 Å². The van der Waals surface area contributed by atoms with E-state index in [0.717, 1.165) is 4.88 Å². The summed E-state index contributed by atoms with van der Waals surface area (Å²) in [6.45, 7) is 9.03. The number of likely N-dealkylation sites (tertiary alicyclic amines) is 1. The van der Waals surface area contributed by atoms with Crippen molar-refractivity contribution in [2.75, 3.05) is 13.1 Å². The molecule has 0 radical (unpaired) electrons. The molecule has 180 valence electrons. The molecule has 0 bridgehead atoms. The molecule has 2 amide bonds. The Morgan fingerprint density at radius 1 is 1.24 bits per heavy atom. The van der Waals surface area contributed by atoms with Gasteiger partial charge in [0.1, 0.15) is 5.52 Å². The van der Waals surface area contributed by atoms with Gasteiger partial charge in [-0.05, 0) is 37.3 Å². The van der Waals surface area contributed by atoms with Crippen LogP contribution in [-0.2, 0) is 4.79 Å². The number of carboxylic acid groups (broad SMARTS) is 1. The molecule has 9 nitrogen and oxygen atoms in total. The van der Waals surface area contributed by atoms with Crippen molar-refractivity contribution in [2.24, 2.45) is 11.3 Å². The maximum absolute atomic E-state index is 12.9. The summed E-state index contributed by atoms with van der Waals surface area (Å²) in [7, 11) is 0. The summed E-state index contributed by atoms with van der Waals surface area (Å²) >= 11 is 1.31. The number of fused-ring (bicyclic) bond motifs is 1. The predicted molar refractivity (Wildman–Crippen MR) is 130 cm³/mol. The molecule has 34 heavy (non-hydrogen) atoms. The van der Waals surface area contributed by atoms with Gasteiger partial charge in [0, 0.05) is 25.3 Å². The van der Waals surface area contributed by atoms with Crippen LogP contribution in [0.5, 0.6) is 0 Å². The Morgan fingerprint density at radius 3 is 2.59 bits per heavy atom. The van der Waals surface area contributed by atoms with Crippen LogP contribution in [-0.4, -0.2) is 61.9 Å². The molecule has 0 spiro atoms. The molecule has 4 heterocycles. The lowest BCUT2D eigenvalue weighted by Crippen LogP contribution is -2.41. The van der Waals surface area contributed by atoms with Crippen LogP contribution < -0.4 is 5.32 Å². The molecule has 0 saturated carbocycles. The highest BCUT2D eigenvalue weighted by atomic mass is 32.1. The number of carbonyl (C=O) groups excluding carboxylic acids is 2. The van der Waals surface area contributed by atoms with Crippen molar-refractivity contribution in [3.8, 4) is 10.6 Å². The Morgan fingerprint density at radius 2 is 1.94 bits per heavy atom. The molecule has 0 aromatic carbocycles. The van der Waals surface area contributed by atoms with Crippen LogP contribution >= 0.6 is 11.3 Å². The number of nitrogens with zero attached hydrogens (tertiary/aromatic N) is 3. The zero-order valence-corrected chi connectivity index (χ0v) is 20.5. The Labute approximate surface area is 201 Å². The van der Waals surface area contributed by atoms with E-state index in [9.17, 15) is 14.4 Å². The molecule has 1 unspecified atom stereocenters. The predicted octanol–water partition coefficient (Wildman–Crippen LogP) is 3.79. The van der Waals surface area contributed by atoms with Gasteiger partial charge < -0.3 is 20.3 Å². The van der Waals surface area contributed by atoms with E-state index in [1.165, 1.54) is 11.3 Å². The summed E-state index contributed by atoms with van der Waals surface area (Å²) in [4.78, 5) is 52.1. The Bertz CT molecular complexity index is 1230. The number of piperidine rings is 1. The number of aromatic amines is 1. The minimum absolute atomic E-state index is 0.0347. The highest BCUT2D eigenvalue weighted by Gasteiger charge is 2.28. The molecular formula is C24H29N5O4S. The van der Waals surface area contributed by atoms with Crippen molar-refractivity contribution < 1.29 is 19.5 Å². The molecule has 1 atom stereocenters. The van der Waals surface area contributed by atoms with Crippen LogP contribution in [0.25, 0.3) is 21.7 Å². The molecule has 1 aliphatic rings. The largest absolute Gasteiger partial charge is 0.481 e. The molecular weight excluding hydrogens is 454 g/mol. The number of H-pyrrole nitrogens is 1. The second-order valence-electron chi connectivity index (χ2n) is 9.78. The van der Waals surface area contributed by atoms with Gasteiger partial charge >= 0.3 is 5.97 Å². The first-order chi connectivity index (χ1) is 16.0. The average molecular weight is 484 g/mol. The minimum atomic E-state index is -0.801. The number of hydrogen-bond donors (Lipinski definition) is 3. The number of aliphatic carboxylic acids is 1. The van der Waals surface area contributed by atoms with Gasteiger partial charge in [-0.25, -0.2) is 9.97 Å². The SMILES string of the molecule is CC(NC(=O)c1c[nH]c2ncc(-c3ccc(C(=O)N4CCC(C(=O)O)CC4)s3)nc12)C(C)(C)C. The van der Waals surface area contributed by atoms with E-state index in [1.807, 2.05) is 13.0 Å². The Balaban J connectivity index is 1.53. The fraction of sp³-hybridized carbons (Fsp3) is 0.458. The quantitative estimate of drug-likeness (QED) is 0.507. The lowest BCUT2D eigenvalue weighted by atomic mass is 9.88. The fourth-order valence-corrected chi connectivity index (χ4v) is 4.68. The van der Waals surface area contributed by atoms with Crippen molar-refractivity contribution in [3.63, 3.8) is 0 Å². The molecule has 4 rings (SSSR count). The summed E-state index contributed by atoms with van der Waals surface area (Å²) in [6, 6.07) is 3.55. The number of rotatable bonds is 5. The van der Waals surface area contributed by atoms with Gasteiger partial charge in [0.15, 0.2) is 5.65 Å². The minimum Gasteiger partial charge on any atom is -0.481 e. The third kappa shape index (κ3) is 4.82. The lowest BCUT2D eigenvalue weighted by molar-refractivity contribution is -0.143. The summed E-state index contributed by atoms with van der Waals surface area (Å²) in [6.07, 6.45) is 4.17. The number of nitrogens with one attached hydrogen (secondary N) is 2.